The number of amides is 1. The van der Waals surface area contributed by atoms with Crippen LogP contribution in [0, 0.1) is 12.3 Å². The highest BCUT2D eigenvalue weighted by molar-refractivity contribution is 8.00. The van der Waals surface area contributed by atoms with Gasteiger partial charge in [0.05, 0.1) is 17.9 Å². The predicted molar refractivity (Wildman–Crippen MR) is 149 cm³/mol. The van der Waals surface area contributed by atoms with Crippen LogP contribution < -0.4 is 19.8 Å². The molecule has 206 valence electrons. The fourth-order valence-electron chi connectivity index (χ4n) is 5.21. The lowest BCUT2D eigenvalue weighted by Gasteiger charge is -2.35. The Labute approximate surface area is 227 Å². The molecule has 2 aromatic rings. The summed E-state index contributed by atoms with van der Waals surface area (Å²) in [4.78, 5) is 26.6. The van der Waals surface area contributed by atoms with Gasteiger partial charge in [0.1, 0.15) is 5.82 Å². The van der Waals surface area contributed by atoms with Crippen molar-refractivity contribution < 1.29 is 18.3 Å². The molecule has 3 fully saturated rings. The van der Waals surface area contributed by atoms with Crippen LogP contribution in [0.4, 0.5) is 31.9 Å². The van der Waals surface area contributed by atoms with Gasteiger partial charge >= 0.3 is 0 Å². The Morgan fingerprint density at radius 2 is 1.74 bits per heavy atom. The van der Waals surface area contributed by atoms with Crippen LogP contribution >= 0.6 is 11.9 Å². The number of nitrogens with zero attached hydrogens (tertiary/aromatic N) is 4. The van der Waals surface area contributed by atoms with Gasteiger partial charge in [0.15, 0.2) is 0 Å². The van der Waals surface area contributed by atoms with Gasteiger partial charge in [0.25, 0.3) is 11.8 Å². The number of ether oxygens (including phenoxy) is 1. The first kappa shape index (κ1) is 26.9. The summed E-state index contributed by atoms with van der Waals surface area (Å²) in [7, 11) is 1.68. The lowest BCUT2D eigenvalue weighted by atomic mass is 9.93. The molecule has 1 aliphatic carbocycles. The summed E-state index contributed by atoms with van der Waals surface area (Å²) >= 11 is 1.56. The third-order valence-corrected chi connectivity index (χ3v) is 8.58. The topological polar surface area (TPSA) is 82.6 Å². The molecule has 2 N–H and O–H groups in total. The Kier molecular flexibility index (Phi) is 7.95. The van der Waals surface area contributed by atoms with Crippen molar-refractivity contribution in [1.82, 2.24) is 9.97 Å². The molecule has 1 aromatic carbocycles. The second-order valence-corrected chi connectivity index (χ2v) is 11.6. The van der Waals surface area contributed by atoms with Crippen molar-refractivity contribution in [3.8, 4) is 0 Å². The molecule has 3 aliphatic rings. The van der Waals surface area contributed by atoms with E-state index >= 15 is 0 Å². The third-order valence-electron chi connectivity index (χ3n) is 7.83. The van der Waals surface area contributed by atoms with Crippen molar-refractivity contribution >= 4 is 41.0 Å². The molecule has 0 unspecified atom stereocenters. The molecule has 1 saturated carbocycles. The van der Waals surface area contributed by atoms with E-state index < -0.39 is 5.92 Å². The Balaban J connectivity index is 1.34. The summed E-state index contributed by atoms with van der Waals surface area (Å²) in [5.41, 5.74) is 3.58. The van der Waals surface area contributed by atoms with E-state index in [-0.39, 0.29) is 37.8 Å². The first-order valence-electron chi connectivity index (χ1n) is 13.3. The minimum Gasteiger partial charge on any atom is -0.384 e. The number of aryl methyl sites for hydroxylation is 1. The molecular weight excluding hydrogens is 510 g/mol. The summed E-state index contributed by atoms with van der Waals surface area (Å²) in [5, 5.41) is 2.88. The number of alkyl halides is 2. The number of carbonyl (C=O) groups is 1. The van der Waals surface area contributed by atoms with Crippen molar-refractivity contribution in [3.63, 3.8) is 0 Å². The molecular formula is C27H36F2N6O2S. The van der Waals surface area contributed by atoms with Gasteiger partial charge in [-0.3, -0.25) is 10.1 Å². The lowest BCUT2D eigenvalue weighted by molar-refractivity contribution is -0.0221. The van der Waals surface area contributed by atoms with Crippen molar-refractivity contribution in [3.05, 3.63) is 35.5 Å². The SMILES string of the molecule is COCCSNc1ccc(C(=O)Nc2nc(C)cc(N3CCC(F)(F)CC3)n2)c(N2CCC3(CC2)CC3)c1. The van der Waals surface area contributed by atoms with E-state index in [9.17, 15) is 13.6 Å². The first-order valence-corrected chi connectivity index (χ1v) is 14.3. The molecule has 5 rings (SSSR count). The van der Waals surface area contributed by atoms with Crippen LogP contribution in [0.1, 0.15) is 54.6 Å². The van der Waals surface area contributed by atoms with Crippen LogP contribution in [0.2, 0.25) is 0 Å². The van der Waals surface area contributed by atoms with Crippen molar-refractivity contribution in [2.45, 2.75) is 51.4 Å². The summed E-state index contributed by atoms with van der Waals surface area (Å²) in [5.74, 6) is -1.37. The molecule has 1 amide bonds. The fraction of sp³-hybridized carbons (Fsp3) is 0.593. The third kappa shape index (κ3) is 6.48. The lowest BCUT2D eigenvalue weighted by Crippen LogP contribution is -2.40. The first-order chi connectivity index (χ1) is 18.3. The van der Waals surface area contributed by atoms with Gasteiger partial charge in [-0.15, -0.1) is 0 Å². The normalized spacial score (nSPS) is 19.9. The number of carbonyl (C=O) groups excluding carboxylic acids is 1. The van der Waals surface area contributed by atoms with E-state index in [0.29, 0.717) is 29.1 Å². The van der Waals surface area contributed by atoms with Crippen LogP contribution in [0.25, 0.3) is 0 Å². The molecule has 0 atom stereocenters. The summed E-state index contributed by atoms with van der Waals surface area (Å²) in [6.07, 6.45) is 4.51. The number of rotatable bonds is 9. The van der Waals surface area contributed by atoms with E-state index in [2.05, 4.69) is 24.9 Å². The van der Waals surface area contributed by atoms with Crippen LogP contribution in [-0.2, 0) is 4.74 Å². The van der Waals surface area contributed by atoms with Gasteiger partial charge in [-0.05, 0) is 56.2 Å². The predicted octanol–water partition coefficient (Wildman–Crippen LogP) is 5.36. The number of aromatic nitrogens is 2. The molecule has 0 bridgehead atoms. The standard InChI is InChI=1S/C27H36F2N6O2S/c1-19-17-23(35-13-9-27(28,29)10-14-35)31-25(30-19)32-24(36)21-4-3-20(33-38-16-15-37-2)18-22(21)34-11-7-26(5-6-26)8-12-34/h3-4,17-18,33H,5-16H2,1-2H3,(H,30,31,32,36). The average Bonchev–Trinajstić information content (AvgIpc) is 3.65. The van der Waals surface area contributed by atoms with Gasteiger partial charge in [0.2, 0.25) is 5.95 Å². The zero-order chi connectivity index (χ0) is 26.8. The average molecular weight is 547 g/mol. The molecule has 1 aromatic heterocycles. The summed E-state index contributed by atoms with van der Waals surface area (Å²) < 4.78 is 35.8. The van der Waals surface area contributed by atoms with Crippen molar-refractivity contribution in [2.24, 2.45) is 5.41 Å². The van der Waals surface area contributed by atoms with E-state index in [1.807, 2.05) is 30.0 Å². The van der Waals surface area contributed by atoms with Crippen molar-refractivity contribution in [1.29, 1.82) is 0 Å². The highest BCUT2D eigenvalue weighted by atomic mass is 32.2. The maximum atomic E-state index is 13.6. The minimum atomic E-state index is -2.64. The fourth-order valence-corrected chi connectivity index (χ4v) is 5.85. The van der Waals surface area contributed by atoms with Gasteiger partial charge in [0, 0.05) is 69.3 Å². The number of piperidine rings is 2. The van der Waals surface area contributed by atoms with Crippen LogP contribution in [0.15, 0.2) is 24.3 Å². The van der Waals surface area contributed by atoms with Crippen LogP contribution in [0.3, 0.4) is 0 Å². The largest absolute Gasteiger partial charge is 0.384 e. The molecule has 2 saturated heterocycles. The van der Waals surface area contributed by atoms with Gasteiger partial charge in [-0.25, -0.2) is 13.8 Å². The number of methoxy groups -OCH3 is 1. The Bertz CT molecular complexity index is 1140. The van der Waals surface area contributed by atoms with E-state index in [1.165, 1.54) is 12.8 Å². The van der Waals surface area contributed by atoms with Gasteiger partial charge < -0.3 is 19.3 Å². The zero-order valence-corrected chi connectivity index (χ0v) is 22.9. The number of anilines is 4. The summed E-state index contributed by atoms with van der Waals surface area (Å²) in [6.45, 7) is 4.74. The molecule has 11 heteroatoms. The van der Waals surface area contributed by atoms with Gasteiger partial charge in [-0.1, -0.05) is 11.9 Å². The number of nitrogens with one attached hydrogen (secondary N) is 2. The molecule has 0 radical (unpaired) electrons. The smallest absolute Gasteiger partial charge is 0.260 e. The quantitative estimate of drug-likeness (QED) is 0.321. The summed E-state index contributed by atoms with van der Waals surface area (Å²) in [6, 6.07) is 7.56. The molecule has 1 spiro atoms. The molecule has 8 nitrogen and oxygen atoms in total. The number of halogens is 2. The Hall–Kier alpha value is -2.66. The second kappa shape index (κ2) is 11.2. The van der Waals surface area contributed by atoms with E-state index in [1.54, 1.807) is 25.1 Å². The monoisotopic (exact) mass is 546 g/mol. The maximum Gasteiger partial charge on any atom is 0.260 e. The van der Waals surface area contributed by atoms with E-state index in [0.717, 1.165) is 43.1 Å². The van der Waals surface area contributed by atoms with Crippen molar-refractivity contribution in [2.75, 3.05) is 65.5 Å². The molecule has 3 heterocycles. The molecule has 2 aliphatic heterocycles. The van der Waals surface area contributed by atoms with Crippen LogP contribution in [-0.4, -0.2) is 67.4 Å². The maximum absolute atomic E-state index is 13.6. The number of hydrogen-bond donors (Lipinski definition) is 2. The molecule has 38 heavy (non-hydrogen) atoms. The highest BCUT2D eigenvalue weighted by Gasteiger charge is 2.44. The second-order valence-electron chi connectivity index (χ2n) is 10.7. The Morgan fingerprint density at radius 3 is 2.42 bits per heavy atom. The van der Waals surface area contributed by atoms with Gasteiger partial charge in [-0.2, -0.15) is 4.98 Å². The minimum absolute atomic E-state index is 0.182. The van der Waals surface area contributed by atoms with Crippen LogP contribution in [0.5, 0.6) is 0 Å². The number of benzene rings is 1. The number of hydrogen-bond acceptors (Lipinski definition) is 8. The Morgan fingerprint density at radius 1 is 1.03 bits per heavy atom. The zero-order valence-electron chi connectivity index (χ0n) is 22.1. The highest BCUT2D eigenvalue weighted by Crippen LogP contribution is 2.54. The van der Waals surface area contributed by atoms with E-state index in [4.69, 9.17) is 4.74 Å².